The first-order valence-electron chi connectivity index (χ1n) is 7.47. The van der Waals surface area contributed by atoms with Crippen LogP contribution in [0.4, 0.5) is 4.39 Å². The van der Waals surface area contributed by atoms with Gasteiger partial charge in [-0.2, -0.15) is 0 Å². The van der Waals surface area contributed by atoms with E-state index in [2.05, 4.69) is 31.5 Å². The van der Waals surface area contributed by atoms with Gasteiger partial charge < -0.3 is 15.6 Å². The van der Waals surface area contributed by atoms with Crippen molar-refractivity contribution >= 4 is 38.6 Å². The molecule has 2 amide bonds. The largest absolute Gasteiger partial charge is 0.354 e. The van der Waals surface area contributed by atoms with Crippen molar-refractivity contribution < 1.29 is 14.0 Å². The van der Waals surface area contributed by atoms with Gasteiger partial charge in [-0.15, -0.1) is 0 Å². The summed E-state index contributed by atoms with van der Waals surface area (Å²) in [6.45, 7) is 2.38. The van der Waals surface area contributed by atoms with Gasteiger partial charge in [-0.25, -0.2) is 4.39 Å². The smallest absolute Gasteiger partial charge is 0.267 e. The van der Waals surface area contributed by atoms with Crippen LogP contribution in [0.1, 0.15) is 30.3 Å². The molecule has 7 heteroatoms. The molecular formula is C16H17BrFN3O2. The third-order valence-electron chi connectivity index (χ3n) is 4.02. The molecule has 1 aliphatic heterocycles. The summed E-state index contributed by atoms with van der Waals surface area (Å²) in [5.41, 5.74) is 0.873. The minimum atomic E-state index is -0.387. The Labute approximate surface area is 141 Å². The van der Waals surface area contributed by atoms with Gasteiger partial charge in [-0.1, -0.05) is 15.9 Å². The topological polar surface area (TPSA) is 74.0 Å². The highest BCUT2D eigenvalue weighted by atomic mass is 79.9. The van der Waals surface area contributed by atoms with Gasteiger partial charge in [-0.05, 0) is 37.5 Å². The fourth-order valence-corrected chi connectivity index (χ4v) is 3.44. The second-order valence-electron chi connectivity index (χ2n) is 6.02. The van der Waals surface area contributed by atoms with Crippen LogP contribution in [0, 0.1) is 11.7 Å². The van der Waals surface area contributed by atoms with Crippen LogP contribution in [0.25, 0.3) is 10.9 Å². The number of rotatable bonds is 3. The molecule has 2 heterocycles. The summed E-state index contributed by atoms with van der Waals surface area (Å²) in [5, 5.41) is 6.05. The molecule has 3 rings (SSSR count). The second kappa shape index (κ2) is 6.31. The summed E-state index contributed by atoms with van der Waals surface area (Å²) in [6, 6.07) is 4.71. The minimum Gasteiger partial charge on any atom is -0.354 e. The third-order valence-corrected chi connectivity index (χ3v) is 4.47. The monoisotopic (exact) mass is 381 g/mol. The number of nitrogens with one attached hydrogen (secondary N) is 3. The number of aromatic amines is 1. The number of carbonyl (C=O) groups excluding carboxylic acids is 2. The SMILES string of the molecule is CC1CC(CNC(=O)c2cc3c(F)cc(Br)cc3[nH]2)CC(=O)N1. The van der Waals surface area contributed by atoms with E-state index in [0.29, 0.717) is 34.0 Å². The number of piperidine rings is 1. The van der Waals surface area contributed by atoms with Crippen LogP contribution in [-0.2, 0) is 4.79 Å². The molecule has 0 radical (unpaired) electrons. The Bertz CT molecular complexity index is 774. The van der Waals surface area contributed by atoms with E-state index in [9.17, 15) is 14.0 Å². The molecule has 0 saturated carbocycles. The summed E-state index contributed by atoms with van der Waals surface area (Å²) in [6.07, 6.45) is 1.25. The number of aromatic nitrogens is 1. The Morgan fingerprint density at radius 1 is 1.43 bits per heavy atom. The van der Waals surface area contributed by atoms with Crippen molar-refractivity contribution in [3.8, 4) is 0 Å². The molecule has 1 aromatic carbocycles. The van der Waals surface area contributed by atoms with Crippen molar-refractivity contribution in [3.63, 3.8) is 0 Å². The van der Waals surface area contributed by atoms with Crippen LogP contribution in [-0.4, -0.2) is 29.4 Å². The highest BCUT2D eigenvalue weighted by molar-refractivity contribution is 9.10. The Morgan fingerprint density at radius 3 is 2.96 bits per heavy atom. The number of benzene rings is 1. The molecule has 1 saturated heterocycles. The van der Waals surface area contributed by atoms with Crippen LogP contribution >= 0.6 is 15.9 Å². The highest BCUT2D eigenvalue weighted by Crippen LogP contribution is 2.24. The number of H-pyrrole nitrogens is 1. The van der Waals surface area contributed by atoms with Crippen LogP contribution in [0.5, 0.6) is 0 Å². The van der Waals surface area contributed by atoms with Crippen molar-refractivity contribution in [2.75, 3.05) is 6.54 Å². The lowest BCUT2D eigenvalue weighted by atomic mass is 9.93. The third kappa shape index (κ3) is 3.55. The van der Waals surface area contributed by atoms with E-state index < -0.39 is 0 Å². The van der Waals surface area contributed by atoms with E-state index in [1.54, 1.807) is 6.07 Å². The molecule has 122 valence electrons. The predicted molar refractivity (Wildman–Crippen MR) is 88.6 cm³/mol. The number of amides is 2. The fourth-order valence-electron chi connectivity index (χ4n) is 3.01. The molecule has 5 nitrogen and oxygen atoms in total. The number of fused-ring (bicyclic) bond motifs is 1. The van der Waals surface area contributed by atoms with Gasteiger partial charge in [0, 0.05) is 28.9 Å². The average Bonchev–Trinajstić information content (AvgIpc) is 2.88. The molecule has 0 aliphatic carbocycles. The van der Waals surface area contributed by atoms with E-state index in [1.807, 2.05) is 6.92 Å². The molecular weight excluding hydrogens is 365 g/mol. The molecule has 2 unspecified atom stereocenters. The lowest BCUT2D eigenvalue weighted by molar-refractivity contribution is -0.124. The zero-order chi connectivity index (χ0) is 16.6. The van der Waals surface area contributed by atoms with Gasteiger partial charge >= 0.3 is 0 Å². The molecule has 2 atom stereocenters. The first-order chi connectivity index (χ1) is 10.9. The normalized spacial score (nSPS) is 21.3. The Balaban J connectivity index is 1.69. The molecule has 23 heavy (non-hydrogen) atoms. The summed E-state index contributed by atoms with van der Waals surface area (Å²) in [4.78, 5) is 26.7. The van der Waals surface area contributed by atoms with Gasteiger partial charge in [0.25, 0.3) is 5.91 Å². The average molecular weight is 382 g/mol. The van der Waals surface area contributed by atoms with Crippen LogP contribution in [0.15, 0.2) is 22.7 Å². The van der Waals surface area contributed by atoms with Crippen LogP contribution in [0.2, 0.25) is 0 Å². The molecule has 1 fully saturated rings. The minimum absolute atomic E-state index is 0.0144. The van der Waals surface area contributed by atoms with E-state index in [-0.39, 0.29) is 29.6 Å². The summed E-state index contributed by atoms with van der Waals surface area (Å²) in [7, 11) is 0. The van der Waals surface area contributed by atoms with Crippen molar-refractivity contribution in [1.29, 1.82) is 0 Å². The summed E-state index contributed by atoms with van der Waals surface area (Å²) < 4.78 is 14.5. The highest BCUT2D eigenvalue weighted by Gasteiger charge is 2.24. The Morgan fingerprint density at radius 2 is 2.22 bits per heavy atom. The Kier molecular flexibility index (Phi) is 4.39. The molecule has 0 bridgehead atoms. The standard InChI is InChI=1S/C16H17BrFN3O2/c1-8-2-9(3-15(22)20-8)7-19-16(23)14-6-11-12(18)4-10(17)5-13(11)21-14/h4-6,8-9,21H,2-3,7H2,1H3,(H,19,23)(H,20,22). The van der Waals surface area contributed by atoms with Crippen molar-refractivity contribution in [2.45, 2.75) is 25.8 Å². The molecule has 1 aromatic heterocycles. The summed E-state index contributed by atoms with van der Waals surface area (Å²) >= 11 is 3.23. The van der Waals surface area contributed by atoms with Crippen molar-refractivity contribution in [3.05, 3.63) is 34.2 Å². The van der Waals surface area contributed by atoms with E-state index in [0.717, 1.165) is 6.42 Å². The predicted octanol–water partition coefficient (Wildman–Crippen LogP) is 2.71. The van der Waals surface area contributed by atoms with Crippen molar-refractivity contribution in [2.24, 2.45) is 5.92 Å². The number of carbonyl (C=O) groups is 2. The Hall–Kier alpha value is -1.89. The lowest BCUT2D eigenvalue weighted by Gasteiger charge is -2.27. The second-order valence-corrected chi connectivity index (χ2v) is 6.93. The van der Waals surface area contributed by atoms with Gasteiger partial charge in [-0.3, -0.25) is 9.59 Å². The van der Waals surface area contributed by atoms with Gasteiger partial charge in [0.1, 0.15) is 11.5 Å². The number of halogens is 2. The maximum Gasteiger partial charge on any atom is 0.267 e. The quantitative estimate of drug-likeness (QED) is 0.764. The molecule has 2 aromatic rings. The van der Waals surface area contributed by atoms with Crippen molar-refractivity contribution in [1.82, 2.24) is 15.6 Å². The lowest BCUT2D eigenvalue weighted by Crippen LogP contribution is -2.44. The van der Waals surface area contributed by atoms with E-state index in [4.69, 9.17) is 0 Å². The van der Waals surface area contributed by atoms with Gasteiger partial charge in [0.15, 0.2) is 0 Å². The zero-order valence-corrected chi connectivity index (χ0v) is 14.2. The maximum atomic E-state index is 13.9. The first-order valence-corrected chi connectivity index (χ1v) is 8.27. The molecule has 0 spiro atoms. The van der Waals surface area contributed by atoms with Gasteiger partial charge in [0.2, 0.25) is 5.91 Å². The van der Waals surface area contributed by atoms with Crippen LogP contribution in [0.3, 0.4) is 0 Å². The summed E-state index contributed by atoms with van der Waals surface area (Å²) in [5.74, 6) is -0.545. The number of hydrogen-bond donors (Lipinski definition) is 3. The first kappa shape index (κ1) is 16.0. The molecule has 3 N–H and O–H groups in total. The fraction of sp³-hybridized carbons (Fsp3) is 0.375. The van der Waals surface area contributed by atoms with E-state index >= 15 is 0 Å². The van der Waals surface area contributed by atoms with Crippen LogP contribution < -0.4 is 10.6 Å². The van der Waals surface area contributed by atoms with E-state index in [1.165, 1.54) is 12.1 Å². The van der Waals surface area contributed by atoms with Gasteiger partial charge in [0.05, 0.1) is 5.52 Å². The maximum absolute atomic E-state index is 13.9. The number of hydrogen-bond acceptors (Lipinski definition) is 2. The zero-order valence-electron chi connectivity index (χ0n) is 12.6. The molecule has 1 aliphatic rings.